The van der Waals surface area contributed by atoms with Crippen molar-refractivity contribution >= 4 is 17.8 Å². The van der Waals surface area contributed by atoms with Gasteiger partial charge >= 0.3 is 0 Å². The maximum Gasteiger partial charge on any atom is 0.225 e. The minimum absolute atomic E-state index is 0.0287. The lowest BCUT2D eigenvalue weighted by Crippen LogP contribution is -2.45. The Morgan fingerprint density at radius 1 is 1.29 bits per heavy atom. The van der Waals surface area contributed by atoms with Crippen LogP contribution in [0.15, 0.2) is 18.5 Å². The van der Waals surface area contributed by atoms with Crippen LogP contribution in [-0.2, 0) is 9.59 Å². The fourth-order valence-electron chi connectivity index (χ4n) is 2.40. The Hall–Kier alpha value is -2.18. The highest BCUT2D eigenvalue weighted by Gasteiger charge is 2.26. The van der Waals surface area contributed by atoms with E-state index in [0.717, 1.165) is 19.4 Å². The van der Waals surface area contributed by atoms with Gasteiger partial charge in [-0.3, -0.25) is 9.59 Å². The van der Waals surface area contributed by atoms with Crippen molar-refractivity contribution < 1.29 is 9.59 Å². The molecule has 114 valence electrons. The molecule has 1 aromatic rings. The fourth-order valence-corrected chi connectivity index (χ4v) is 2.40. The number of rotatable bonds is 5. The lowest BCUT2D eigenvalue weighted by atomic mass is 9.97. The van der Waals surface area contributed by atoms with Gasteiger partial charge in [0, 0.05) is 45.5 Å². The van der Waals surface area contributed by atoms with Crippen LogP contribution in [0.3, 0.4) is 0 Å². The highest BCUT2D eigenvalue weighted by Crippen LogP contribution is 2.19. The number of aromatic nitrogens is 2. The number of hydrogen-bond donors (Lipinski definition) is 2. The van der Waals surface area contributed by atoms with Gasteiger partial charge in [-0.05, 0) is 18.9 Å². The first-order chi connectivity index (χ1) is 10.2. The Labute approximate surface area is 124 Å². The number of nitrogens with zero attached hydrogens (tertiary/aromatic N) is 3. The van der Waals surface area contributed by atoms with Gasteiger partial charge < -0.3 is 15.5 Å². The van der Waals surface area contributed by atoms with E-state index in [4.69, 9.17) is 0 Å². The van der Waals surface area contributed by atoms with Gasteiger partial charge in [-0.15, -0.1) is 0 Å². The summed E-state index contributed by atoms with van der Waals surface area (Å²) >= 11 is 0. The monoisotopic (exact) mass is 291 g/mol. The number of carbonyl (C=O) groups excluding carboxylic acids is 2. The molecule has 2 amide bonds. The molecule has 7 nitrogen and oxygen atoms in total. The molecule has 1 aliphatic heterocycles. The van der Waals surface area contributed by atoms with E-state index in [2.05, 4.69) is 20.6 Å². The van der Waals surface area contributed by atoms with E-state index in [1.54, 1.807) is 18.5 Å². The SMILES string of the molecule is CC(=O)NCCNC(=O)[C@H]1CCCN(c2ncccn2)C1. The van der Waals surface area contributed by atoms with Crippen LogP contribution in [0, 0.1) is 5.92 Å². The topological polar surface area (TPSA) is 87.2 Å². The maximum atomic E-state index is 12.1. The van der Waals surface area contributed by atoms with Gasteiger partial charge in [0.25, 0.3) is 0 Å². The van der Waals surface area contributed by atoms with Gasteiger partial charge in [0.1, 0.15) is 0 Å². The summed E-state index contributed by atoms with van der Waals surface area (Å²) in [7, 11) is 0. The molecule has 0 aromatic carbocycles. The van der Waals surface area contributed by atoms with E-state index >= 15 is 0 Å². The Morgan fingerprint density at radius 2 is 2.00 bits per heavy atom. The number of piperidine rings is 1. The van der Waals surface area contributed by atoms with Crippen molar-refractivity contribution in [3.63, 3.8) is 0 Å². The molecule has 2 N–H and O–H groups in total. The zero-order valence-electron chi connectivity index (χ0n) is 12.2. The first-order valence-corrected chi connectivity index (χ1v) is 7.21. The molecule has 1 saturated heterocycles. The molecule has 0 unspecified atom stereocenters. The number of carbonyl (C=O) groups is 2. The molecular formula is C14H21N5O2. The average Bonchev–Trinajstić information content (AvgIpc) is 2.52. The molecule has 1 aliphatic rings. The van der Waals surface area contributed by atoms with Crippen molar-refractivity contribution in [1.29, 1.82) is 0 Å². The summed E-state index contributed by atoms with van der Waals surface area (Å²) in [6.45, 7) is 3.88. The van der Waals surface area contributed by atoms with Crippen LogP contribution >= 0.6 is 0 Å². The quantitative estimate of drug-likeness (QED) is 0.743. The Bertz CT molecular complexity index is 480. The standard InChI is InChI=1S/C14H21N5O2/c1-11(20)15-7-8-16-13(21)12-4-2-9-19(10-12)14-17-5-3-6-18-14/h3,5-6,12H,2,4,7-10H2,1H3,(H,15,20)(H,16,21)/t12-/m0/s1. The Kier molecular flexibility index (Phi) is 5.48. The molecule has 0 aliphatic carbocycles. The zero-order valence-corrected chi connectivity index (χ0v) is 12.2. The van der Waals surface area contributed by atoms with Crippen LogP contribution < -0.4 is 15.5 Å². The van der Waals surface area contributed by atoms with Crippen LogP contribution in [0.4, 0.5) is 5.95 Å². The van der Waals surface area contributed by atoms with Crippen LogP contribution in [-0.4, -0.2) is 48.0 Å². The van der Waals surface area contributed by atoms with Crippen molar-refractivity contribution in [2.75, 3.05) is 31.1 Å². The van der Waals surface area contributed by atoms with Crippen molar-refractivity contribution in [3.8, 4) is 0 Å². The van der Waals surface area contributed by atoms with Crippen molar-refractivity contribution in [2.45, 2.75) is 19.8 Å². The van der Waals surface area contributed by atoms with Gasteiger partial charge in [-0.1, -0.05) is 0 Å². The molecule has 2 rings (SSSR count). The van der Waals surface area contributed by atoms with E-state index in [-0.39, 0.29) is 17.7 Å². The Morgan fingerprint density at radius 3 is 2.71 bits per heavy atom. The average molecular weight is 291 g/mol. The summed E-state index contributed by atoms with van der Waals surface area (Å²) < 4.78 is 0. The van der Waals surface area contributed by atoms with Gasteiger partial charge in [0.2, 0.25) is 17.8 Å². The largest absolute Gasteiger partial charge is 0.355 e. The van der Waals surface area contributed by atoms with Crippen LogP contribution in [0.1, 0.15) is 19.8 Å². The molecule has 1 aromatic heterocycles. The normalized spacial score (nSPS) is 18.1. The molecule has 7 heteroatoms. The molecule has 1 fully saturated rings. The predicted octanol–water partition coefficient (Wildman–Crippen LogP) is -0.0547. The smallest absolute Gasteiger partial charge is 0.225 e. The van der Waals surface area contributed by atoms with E-state index in [0.29, 0.717) is 25.6 Å². The summed E-state index contributed by atoms with van der Waals surface area (Å²) in [5.41, 5.74) is 0. The van der Waals surface area contributed by atoms with Gasteiger partial charge in [0.15, 0.2) is 0 Å². The van der Waals surface area contributed by atoms with Crippen LogP contribution in [0.5, 0.6) is 0 Å². The number of anilines is 1. The second-order valence-corrected chi connectivity index (χ2v) is 5.11. The minimum Gasteiger partial charge on any atom is -0.355 e. The molecule has 0 spiro atoms. The Balaban J connectivity index is 1.80. The molecule has 21 heavy (non-hydrogen) atoms. The number of hydrogen-bond acceptors (Lipinski definition) is 5. The number of amides is 2. The van der Waals surface area contributed by atoms with Crippen molar-refractivity contribution in [1.82, 2.24) is 20.6 Å². The predicted molar refractivity (Wildman–Crippen MR) is 78.7 cm³/mol. The third kappa shape index (κ3) is 4.70. The third-order valence-electron chi connectivity index (χ3n) is 3.43. The molecule has 0 bridgehead atoms. The molecular weight excluding hydrogens is 270 g/mol. The number of nitrogens with one attached hydrogen (secondary N) is 2. The van der Waals surface area contributed by atoms with Crippen LogP contribution in [0.2, 0.25) is 0 Å². The summed E-state index contributed by atoms with van der Waals surface area (Å²) in [6, 6.07) is 1.78. The lowest BCUT2D eigenvalue weighted by molar-refractivity contribution is -0.125. The molecule has 2 heterocycles. The maximum absolute atomic E-state index is 12.1. The van der Waals surface area contributed by atoms with Gasteiger partial charge in [-0.2, -0.15) is 0 Å². The van der Waals surface area contributed by atoms with Crippen LogP contribution in [0.25, 0.3) is 0 Å². The van der Waals surface area contributed by atoms with Gasteiger partial charge in [0.05, 0.1) is 5.92 Å². The second-order valence-electron chi connectivity index (χ2n) is 5.11. The van der Waals surface area contributed by atoms with E-state index in [1.807, 2.05) is 4.90 Å². The minimum atomic E-state index is -0.0886. The molecule has 0 saturated carbocycles. The zero-order chi connectivity index (χ0) is 15.1. The lowest BCUT2D eigenvalue weighted by Gasteiger charge is -2.31. The molecule has 0 radical (unpaired) electrons. The summed E-state index contributed by atoms with van der Waals surface area (Å²) in [5, 5.41) is 5.51. The summed E-state index contributed by atoms with van der Waals surface area (Å²) in [6.07, 6.45) is 5.23. The van der Waals surface area contributed by atoms with Crippen molar-refractivity contribution in [3.05, 3.63) is 18.5 Å². The summed E-state index contributed by atoms with van der Waals surface area (Å²) in [5.74, 6) is 0.559. The van der Waals surface area contributed by atoms with Gasteiger partial charge in [-0.25, -0.2) is 9.97 Å². The highest BCUT2D eigenvalue weighted by atomic mass is 16.2. The first kappa shape index (κ1) is 15.2. The first-order valence-electron chi connectivity index (χ1n) is 7.21. The summed E-state index contributed by atoms with van der Waals surface area (Å²) in [4.78, 5) is 33.4. The van der Waals surface area contributed by atoms with Crippen molar-refractivity contribution in [2.24, 2.45) is 5.92 Å². The van der Waals surface area contributed by atoms with E-state index < -0.39 is 0 Å². The highest BCUT2D eigenvalue weighted by molar-refractivity contribution is 5.79. The third-order valence-corrected chi connectivity index (χ3v) is 3.43. The molecule has 1 atom stereocenters. The van der Waals surface area contributed by atoms with E-state index in [9.17, 15) is 9.59 Å². The van der Waals surface area contributed by atoms with E-state index in [1.165, 1.54) is 6.92 Å². The second kappa shape index (κ2) is 7.56. The fraction of sp³-hybridized carbons (Fsp3) is 0.571.